The average molecular weight is 423 g/mol. The molecule has 1 fully saturated rings. The second-order valence-corrected chi connectivity index (χ2v) is 8.67. The minimum Gasteiger partial charge on any atom is -0.507 e. The molecule has 0 aliphatic carbocycles. The molecule has 4 rings (SSSR count). The number of methoxy groups -OCH3 is 1. The van der Waals surface area contributed by atoms with Crippen LogP contribution in [0.1, 0.15) is 35.3 Å². The minimum absolute atomic E-state index is 0.372. The molecule has 3 aromatic rings. The summed E-state index contributed by atoms with van der Waals surface area (Å²) in [6.07, 6.45) is 1.81. The summed E-state index contributed by atoms with van der Waals surface area (Å²) in [5.41, 5.74) is 3.88. The fraction of sp³-hybridized carbons (Fsp3) is 0.400. The fourth-order valence-corrected chi connectivity index (χ4v) is 4.34. The Hall–Kier alpha value is -2.83. The Bertz CT molecular complexity index is 1030. The van der Waals surface area contributed by atoms with Crippen molar-refractivity contribution in [3.63, 3.8) is 0 Å². The third-order valence-electron chi connectivity index (χ3n) is 6.17. The highest BCUT2D eigenvalue weighted by Crippen LogP contribution is 2.30. The molecule has 164 valence electrons. The predicted molar refractivity (Wildman–Crippen MR) is 119 cm³/mol. The first-order valence-corrected chi connectivity index (χ1v) is 10.7. The molecule has 0 saturated carbocycles. The van der Waals surface area contributed by atoms with Gasteiger partial charge < -0.3 is 19.5 Å². The van der Waals surface area contributed by atoms with Crippen molar-refractivity contribution < 1.29 is 19.5 Å². The fourth-order valence-electron chi connectivity index (χ4n) is 4.34. The molecule has 0 amide bonds. The van der Waals surface area contributed by atoms with Gasteiger partial charge in [-0.15, -0.1) is 0 Å². The number of aliphatic hydroxyl groups is 1. The molecule has 0 bridgehead atoms. The standard InChI is InChI=1S/C25H30N2O4/c1-17-11-19(12-18(2)24(17)28)16-27-9-7-25(29,8-10-27)15-22-14-23(26-31-22)20-5-4-6-21(13-20)30-3/h4-6,11-14,28-29H,7-10,15-16H2,1-3H3. The van der Waals surface area contributed by atoms with E-state index in [-0.39, 0.29) is 0 Å². The molecule has 1 aliphatic rings. The summed E-state index contributed by atoms with van der Waals surface area (Å²) < 4.78 is 10.8. The zero-order valence-corrected chi connectivity index (χ0v) is 18.4. The number of aromatic nitrogens is 1. The summed E-state index contributed by atoms with van der Waals surface area (Å²) >= 11 is 0. The molecule has 2 aromatic carbocycles. The Balaban J connectivity index is 1.36. The third-order valence-corrected chi connectivity index (χ3v) is 6.17. The SMILES string of the molecule is COc1cccc(-c2cc(CC3(O)CCN(Cc4cc(C)c(O)c(C)c4)CC3)on2)c1. The van der Waals surface area contributed by atoms with Crippen molar-refractivity contribution in [3.05, 3.63) is 64.9 Å². The molecule has 0 radical (unpaired) electrons. The normalized spacial score (nSPS) is 16.4. The largest absolute Gasteiger partial charge is 0.507 e. The number of hydrogen-bond acceptors (Lipinski definition) is 6. The van der Waals surface area contributed by atoms with Gasteiger partial charge in [0, 0.05) is 37.7 Å². The highest BCUT2D eigenvalue weighted by molar-refractivity contribution is 5.61. The molecule has 2 heterocycles. The summed E-state index contributed by atoms with van der Waals surface area (Å²) in [5, 5.41) is 25.3. The molecule has 6 nitrogen and oxygen atoms in total. The zero-order valence-electron chi connectivity index (χ0n) is 18.4. The Kier molecular flexibility index (Phi) is 6.03. The van der Waals surface area contributed by atoms with Crippen LogP contribution in [0, 0.1) is 13.8 Å². The average Bonchev–Trinajstić information content (AvgIpc) is 3.22. The van der Waals surface area contributed by atoms with Crippen molar-refractivity contribution in [1.82, 2.24) is 10.1 Å². The molecule has 31 heavy (non-hydrogen) atoms. The summed E-state index contributed by atoms with van der Waals surface area (Å²) in [6.45, 7) is 6.30. The van der Waals surface area contributed by atoms with Crippen LogP contribution in [-0.4, -0.2) is 46.1 Å². The van der Waals surface area contributed by atoms with E-state index in [0.29, 0.717) is 30.8 Å². The number of phenols is 1. The van der Waals surface area contributed by atoms with E-state index < -0.39 is 5.60 Å². The summed E-state index contributed by atoms with van der Waals surface area (Å²) in [4.78, 5) is 2.35. The number of benzene rings is 2. The lowest BCUT2D eigenvalue weighted by atomic mass is 9.87. The maximum Gasteiger partial charge on any atom is 0.140 e. The van der Waals surface area contributed by atoms with Gasteiger partial charge in [0.1, 0.15) is 23.0 Å². The monoisotopic (exact) mass is 422 g/mol. The van der Waals surface area contributed by atoms with Crippen molar-refractivity contribution in [2.75, 3.05) is 20.2 Å². The zero-order chi connectivity index (χ0) is 22.0. The van der Waals surface area contributed by atoms with E-state index >= 15 is 0 Å². The van der Waals surface area contributed by atoms with Crippen molar-refractivity contribution in [1.29, 1.82) is 0 Å². The summed E-state index contributed by atoms with van der Waals surface area (Å²) in [7, 11) is 1.64. The first kappa shape index (κ1) is 21.4. The van der Waals surface area contributed by atoms with Crippen LogP contribution < -0.4 is 4.74 Å². The molecule has 1 aromatic heterocycles. The van der Waals surface area contributed by atoms with E-state index in [4.69, 9.17) is 9.26 Å². The van der Waals surface area contributed by atoms with Crippen molar-refractivity contribution in [3.8, 4) is 22.8 Å². The van der Waals surface area contributed by atoms with Crippen molar-refractivity contribution in [2.45, 2.75) is 45.3 Å². The smallest absolute Gasteiger partial charge is 0.140 e. The number of rotatable bonds is 6. The van der Waals surface area contributed by atoms with Gasteiger partial charge in [0.25, 0.3) is 0 Å². The van der Waals surface area contributed by atoms with Crippen LogP contribution in [0.5, 0.6) is 11.5 Å². The number of likely N-dealkylation sites (tertiary alicyclic amines) is 1. The lowest BCUT2D eigenvalue weighted by Gasteiger charge is -2.37. The predicted octanol–water partition coefficient (Wildman–Crippen LogP) is 4.24. The van der Waals surface area contributed by atoms with Crippen LogP contribution in [0.25, 0.3) is 11.3 Å². The van der Waals surface area contributed by atoms with Crippen LogP contribution in [0.15, 0.2) is 47.0 Å². The van der Waals surface area contributed by atoms with Gasteiger partial charge in [0.15, 0.2) is 0 Å². The summed E-state index contributed by atoms with van der Waals surface area (Å²) in [6, 6.07) is 13.7. The van der Waals surface area contributed by atoms with Crippen LogP contribution in [-0.2, 0) is 13.0 Å². The molecule has 0 spiro atoms. The Morgan fingerprint density at radius 2 is 1.81 bits per heavy atom. The van der Waals surface area contributed by atoms with E-state index in [1.54, 1.807) is 7.11 Å². The van der Waals surface area contributed by atoms with Crippen molar-refractivity contribution >= 4 is 0 Å². The second-order valence-electron chi connectivity index (χ2n) is 8.67. The molecular formula is C25H30N2O4. The second kappa shape index (κ2) is 8.73. The Morgan fingerprint density at radius 1 is 1.10 bits per heavy atom. The maximum absolute atomic E-state index is 11.1. The molecule has 0 unspecified atom stereocenters. The number of phenolic OH excluding ortho intramolecular Hbond substituents is 1. The number of hydrogen-bond donors (Lipinski definition) is 2. The minimum atomic E-state index is -0.789. The lowest BCUT2D eigenvalue weighted by molar-refractivity contribution is -0.0265. The molecular weight excluding hydrogens is 392 g/mol. The van der Waals surface area contributed by atoms with Gasteiger partial charge in [-0.25, -0.2) is 0 Å². The van der Waals surface area contributed by atoms with E-state index in [1.807, 2.05) is 56.3 Å². The third kappa shape index (κ3) is 4.92. The number of piperidine rings is 1. The van der Waals surface area contributed by atoms with Gasteiger partial charge in [-0.3, -0.25) is 4.90 Å². The number of nitrogens with zero attached hydrogens (tertiary/aromatic N) is 2. The van der Waals surface area contributed by atoms with Crippen LogP contribution in [0.2, 0.25) is 0 Å². The van der Waals surface area contributed by atoms with Gasteiger partial charge in [-0.05, 0) is 55.5 Å². The number of aromatic hydroxyl groups is 1. The highest BCUT2D eigenvalue weighted by Gasteiger charge is 2.34. The Labute approximate surface area is 183 Å². The van der Waals surface area contributed by atoms with Gasteiger partial charge in [-0.1, -0.05) is 29.4 Å². The quantitative estimate of drug-likeness (QED) is 0.619. The molecule has 0 atom stereocenters. The van der Waals surface area contributed by atoms with Gasteiger partial charge in [-0.2, -0.15) is 0 Å². The maximum atomic E-state index is 11.1. The number of ether oxygens (including phenoxy) is 1. The van der Waals surface area contributed by atoms with E-state index in [2.05, 4.69) is 10.1 Å². The molecule has 1 aliphatic heterocycles. The van der Waals surface area contributed by atoms with E-state index in [9.17, 15) is 10.2 Å². The van der Waals surface area contributed by atoms with Gasteiger partial charge >= 0.3 is 0 Å². The highest BCUT2D eigenvalue weighted by atomic mass is 16.5. The molecule has 6 heteroatoms. The first-order chi connectivity index (χ1) is 14.8. The Morgan fingerprint density at radius 3 is 2.48 bits per heavy atom. The molecule has 2 N–H and O–H groups in total. The van der Waals surface area contributed by atoms with Crippen LogP contribution >= 0.6 is 0 Å². The lowest BCUT2D eigenvalue weighted by Crippen LogP contribution is -2.45. The first-order valence-electron chi connectivity index (χ1n) is 10.7. The van der Waals surface area contributed by atoms with Gasteiger partial charge in [0.05, 0.1) is 12.7 Å². The van der Waals surface area contributed by atoms with Gasteiger partial charge in [0.2, 0.25) is 0 Å². The number of aryl methyl sites for hydroxylation is 2. The van der Waals surface area contributed by atoms with Crippen molar-refractivity contribution in [2.24, 2.45) is 0 Å². The molecule has 1 saturated heterocycles. The van der Waals surface area contributed by atoms with E-state index in [1.165, 1.54) is 5.56 Å². The summed E-state index contributed by atoms with van der Waals surface area (Å²) in [5.74, 6) is 1.84. The van der Waals surface area contributed by atoms with Crippen LogP contribution in [0.3, 0.4) is 0 Å². The van der Waals surface area contributed by atoms with E-state index in [0.717, 1.165) is 47.8 Å². The van der Waals surface area contributed by atoms with Crippen LogP contribution in [0.4, 0.5) is 0 Å². The topological polar surface area (TPSA) is 79.0 Å².